The highest BCUT2D eigenvalue weighted by Gasteiger charge is 2.33. The van der Waals surface area contributed by atoms with Crippen molar-refractivity contribution in [1.82, 2.24) is 5.32 Å². The predicted octanol–water partition coefficient (Wildman–Crippen LogP) is 3.98. The molecule has 6 heteroatoms. The van der Waals surface area contributed by atoms with Crippen LogP contribution in [-0.2, 0) is 6.42 Å². The van der Waals surface area contributed by atoms with Gasteiger partial charge in [0.1, 0.15) is 5.75 Å². The number of rotatable bonds is 2. The van der Waals surface area contributed by atoms with Crippen LogP contribution in [0.15, 0.2) is 42.5 Å². The van der Waals surface area contributed by atoms with Gasteiger partial charge < -0.3 is 15.0 Å². The van der Waals surface area contributed by atoms with Crippen LogP contribution in [0, 0.1) is 0 Å². The third kappa shape index (κ3) is 3.31. The number of ether oxygens (including phenoxy) is 1. The highest BCUT2D eigenvalue weighted by Crippen LogP contribution is 2.42. The van der Waals surface area contributed by atoms with Gasteiger partial charge in [-0.25, -0.2) is 0 Å². The van der Waals surface area contributed by atoms with Gasteiger partial charge in [0, 0.05) is 30.4 Å². The van der Waals surface area contributed by atoms with Gasteiger partial charge in [0.25, 0.3) is 0 Å². The molecule has 2 aliphatic rings. The van der Waals surface area contributed by atoms with E-state index in [2.05, 4.69) is 21.0 Å². The average Bonchev–Trinajstić information content (AvgIpc) is 2.76. The summed E-state index contributed by atoms with van der Waals surface area (Å²) >= 11 is 0. The molecule has 0 saturated carbocycles. The second-order valence-electron chi connectivity index (χ2n) is 6.48. The van der Waals surface area contributed by atoms with E-state index in [4.69, 9.17) is 0 Å². The molecular formula is C19H19F3N2O. The van der Waals surface area contributed by atoms with Crippen molar-refractivity contribution < 1.29 is 17.9 Å². The average molecular weight is 348 g/mol. The highest BCUT2D eigenvalue weighted by atomic mass is 19.4. The molecule has 2 aromatic rings. The second kappa shape index (κ2) is 6.26. The van der Waals surface area contributed by atoms with E-state index in [1.165, 1.54) is 23.4 Å². The van der Waals surface area contributed by atoms with Gasteiger partial charge >= 0.3 is 6.36 Å². The number of hydrogen-bond acceptors (Lipinski definition) is 3. The molecule has 1 unspecified atom stereocenters. The number of nitrogens with zero attached hydrogens (tertiary/aromatic N) is 1. The van der Waals surface area contributed by atoms with E-state index in [9.17, 15) is 13.2 Å². The molecule has 1 fully saturated rings. The first kappa shape index (κ1) is 16.3. The van der Waals surface area contributed by atoms with Crippen LogP contribution in [0.1, 0.15) is 12.0 Å². The zero-order valence-electron chi connectivity index (χ0n) is 13.6. The van der Waals surface area contributed by atoms with Gasteiger partial charge in [-0.05, 0) is 42.6 Å². The van der Waals surface area contributed by atoms with Crippen molar-refractivity contribution in [1.29, 1.82) is 0 Å². The summed E-state index contributed by atoms with van der Waals surface area (Å²) < 4.78 is 41.0. The van der Waals surface area contributed by atoms with Crippen LogP contribution in [-0.4, -0.2) is 32.0 Å². The molecule has 2 heterocycles. The Hall–Kier alpha value is -2.21. The number of benzene rings is 2. The number of alkyl halides is 3. The fourth-order valence-electron chi connectivity index (χ4n) is 3.86. The smallest absolute Gasteiger partial charge is 0.406 e. The third-order valence-corrected chi connectivity index (χ3v) is 4.89. The Morgan fingerprint density at radius 2 is 1.84 bits per heavy atom. The molecule has 1 N–H and O–H groups in total. The van der Waals surface area contributed by atoms with E-state index in [0.29, 0.717) is 6.04 Å². The summed E-state index contributed by atoms with van der Waals surface area (Å²) in [6.45, 7) is 2.92. The standard InChI is InChI=1S/C19H19F3N2O/c20-19(21,22)25-16-6-4-13(5-7-16)17-3-1-2-14-12-15-8-9-23-10-11-24(15)18(14)17/h1-7,15,23H,8-12H2. The Kier molecular flexibility index (Phi) is 4.07. The van der Waals surface area contributed by atoms with Gasteiger partial charge in [0.2, 0.25) is 0 Å². The lowest BCUT2D eigenvalue weighted by atomic mass is 9.99. The summed E-state index contributed by atoms with van der Waals surface area (Å²) in [5, 5.41) is 3.43. The van der Waals surface area contributed by atoms with Crippen molar-refractivity contribution in [3.05, 3.63) is 48.0 Å². The fourth-order valence-corrected chi connectivity index (χ4v) is 3.86. The Morgan fingerprint density at radius 3 is 2.60 bits per heavy atom. The summed E-state index contributed by atoms with van der Waals surface area (Å²) in [5.74, 6) is -0.194. The molecule has 132 valence electrons. The molecule has 3 nitrogen and oxygen atoms in total. The topological polar surface area (TPSA) is 24.5 Å². The first-order valence-corrected chi connectivity index (χ1v) is 8.47. The lowest BCUT2D eigenvalue weighted by Gasteiger charge is -2.26. The zero-order valence-corrected chi connectivity index (χ0v) is 13.6. The number of para-hydroxylation sites is 1. The van der Waals surface area contributed by atoms with Crippen LogP contribution in [0.25, 0.3) is 11.1 Å². The molecule has 4 rings (SSSR count). The summed E-state index contributed by atoms with van der Waals surface area (Å²) in [6, 6.07) is 12.9. The number of halogens is 3. The van der Waals surface area contributed by atoms with E-state index in [1.54, 1.807) is 12.1 Å². The minimum atomic E-state index is -4.66. The summed E-state index contributed by atoms with van der Waals surface area (Å²) in [5.41, 5.74) is 4.52. The molecule has 0 bridgehead atoms. The third-order valence-electron chi connectivity index (χ3n) is 4.89. The van der Waals surface area contributed by atoms with Crippen LogP contribution in [0.3, 0.4) is 0 Å². The SMILES string of the molecule is FC(F)(F)Oc1ccc(-c2cccc3c2N2CCNCCC2C3)cc1. The normalized spacial score (nSPS) is 20.0. The molecule has 1 atom stereocenters. The minimum Gasteiger partial charge on any atom is -0.406 e. The van der Waals surface area contributed by atoms with Crippen molar-refractivity contribution in [3.8, 4) is 16.9 Å². The highest BCUT2D eigenvalue weighted by molar-refractivity contribution is 5.83. The molecule has 0 spiro atoms. The molecule has 25 heavy (non-hydrogen) atoms. The van der Waals surface area contributed by atoms with Crippen molar-refractivity contribution in [2.75, 3.05) is 24.5 Å². The van der Waals surface area contributed by atoms with Crippen LogP contribution >= 0.6 is 0 Å². The largest absolute Gasteiger partial charge is 0.573 e. The van der Waals surface area contributed by atoms with Crippen LogP contribution < -0.4 is 15.0 Å². The van der Waals surface area contributed by atoms with Crippen LogP contribution in [0.4, 0.5) is 18.9 Å². The fraction of sp³-hybridized carbons (Fsp3) is 0.368. The number of nitrogens with one attached hydrogen (secondary N) is 1. The number of fused-ring (bicyclic) bond motifs is 3. The molecule has 0 aliphatic carbocycles. The predicted molar refractivity (Wildman–Crippen MR) is 90.9 cm³/mol. The van der Waals surface area contributed by atoms with Crippen LogP contribution in [0.2, 0.25) is 0 Å². The molecule has 0 radical (unpaired) electrons. The molecule has 0 aromatic heterocycles. The maximum absolute atomic E-state index is 12.3. The Bertz CT molecular complexity index is 758. The maximum atomic E-state index is 12.3. The Labute approximate surface area is 144 Å². The zero-order chi connectivity index (χ0) is 17.4. The number of hydrogen-bond donors (Lipinski definition) is 1. The first-order chi connectivity index (χ1) is 12.0. The summed E-state index contributed by atoms with van der Waals surface area (Å²) in [4.78, 5) is 2.45. The van der Waals surface area contributed by atoms with Gasteiger partial charge in [0.05, 0.1) is 0 Å². The molecule has 0 amide bonds. The van der Waals surface area contributed by atoms with E-state index < -0.39 is 6.36 Å². The van der Waals surface area contributed by atoms with Gasteiger partial charge in [-0.2, -0.15) is 0 Å². The Balaban J connectivity index is 1.67. The summed E-state index contributed by atoms with van der Waals surface area (Å²) in [6.07, 6.45) is -2.53. The van der Waals surface area contributed by atoms with Gasteiger partial charge in [-0.15, -0.1) is 13.2 Å². The van der Waals surface area contributed by atoms with E-state index in [1.807, 2.05) is 12.1 Å². The first-order valence-electron chi connectivity index (χ1n) is 8.47. The van der Waals surface area contributed by atoms with Crippen LogP contribution in [0.5, 0.6) is 5.75 Å². The maximum Gasteiger partial charge on any atom is 0.573 e. The second-order valence-corrected chi connectivity index (χ2v) is 6.48. The monoisotopic (exact) mass is 348 g/mol. The summed E-state index contributed by atoms with van der Waals surface area (Å²) in [7, 11) is 0. The van der Waals surface area contributed by atoms with Gasteiger partial charge in [-0.3, -0.25) is 0 Å². The molecule has 1 saturated heterocycles. The van der Waals surface area contributed by atoms with Crippen molar-refractivity contribution >= 4 is 5.69 Å². The lowest BCUT2D eigenvalue weighted by Crippen LogP contribution is -2.33. The lowest BCUT2D eigenvalue weighted by molar-refractivity contribution is -0.274. The van der Waals surface area contributed by atoms with E-state index >= 15 is 0 Å². The van der Waals surface area contributed by atoms with Gasteiger partial charge in [-0.1, -0.05) is 30.3 Å². The van der Waals surface area contributed by atoms with E-state index in [-0.39, 0.29) is 5.75 Å². The van der Waals surface area contributed by atoms with Crippen molar-refractivity contribution in [3.63, 3.8) is 0 Å². The molecule has 2 aliphatic heterocycles. The van der Waals surface area contributed by atoms with Gasteiger partial charge in [0.15, 0.2) is 0 Å². The number of anilines is 1. The Morgan fingerprint density at radius 1 is 1.04 bits per heavy atom. The van der Waals surface area contributed by atoms with Crippen molar-refractivity contribution in [2.24, 2.45) is 0 Å². The van der Waals surface area contributed by atoms with E-state index in [0.717, 1.165) is 43.6 Å². The molecule has 2 aromatic carbocycles. The minimum absolute atomic E-state index is 0.194. The molecular weight excluding hydrogens is 329 g/mol. The quantitative estimate of drug-likeness (QED) is 0.889. The van der Waals surface area contributed by atoms with Crippen molar-refractivity contribution in [2.45, 2.75) is 25.2 Å².